The van der Waals surface area contributed by atoms with Gasteiger partial charge in [-0.15, -0.1) is 0 Å². The van der Waals surface area contributed by atoms with Crippen molar-refractivity contribution in [1.29, 1.82) is 0 Å². The van der Waals surface area contributed by atoms with Crippen LogP contribution in [0.5, 0.6) is 0 Å². The Morgan fingerprint density at radius 2 is 1.44 bits per heavy atom. The van der Waals surface area contributed by atoms with Gasteiger partial charge in [-0.2, -0.15) is 0 Å². The van der Waals surface area contributed by atoms with Gasteiger partial charge in [0, 0.05) is 15.6 Å². The van der Waals surface area contributed by atoms with Crippen LogP contribution in [0.15, 0.2) is 76.0 Å². The van der Waals surface area contributed by atoms with E-state index in [0.29, 0.717) is 32.3 Å². The third-order valence-corrected chi connectivity index (χ3v) is 5.29. The van der Waals surface area contributed by atoms with Crippen molar-refractivity contribution in [3.05, 3.63) is 98.4 Å². The number of imidazole rings is 1. The van der Waals surface area contributed by atoms with Gasteiger partial charge in [0.2, 0.25) is 0 Å². The number of H-pyrrole nitrogens is 2. The van der Waals surface area contributed by atoms with Crippen molar-refractivity contribution in [2.24, 2.45) is 0 Å². The van der Waals surface area contributed by atoms with Crippen LogP contribution in [0.25, 0.3) is 11.0 Å². The molecule has 0 fully saturated rings. The number of aromatic amines is 2. The van der Waals surface area contributed by atoms with Gasteiger partial charge in [-0.05, 0) is 40.2 Å². The van der Waals surface area contributed by atoms with Crippen molar-refractivity contribution in [2.45, 2.75) is 0 Å². The van der Waals surface area contributed by atoms with Gasteiger partial charge in [-0.3, -0.25) is 9.59 Å². The molecule has 0 atom stereocenters. The molecule has 3 N–H and O–H groups in total. The van der Waals surface area contributed by atoms with Crippen molar-refractivity contribution in [3.63, 3.8) is 0 Å². The van der Waals surface area contributed by atoms with E-state index in [-0.39, 0.29) is 17.0 Å². The Morgan fingerprint density at radius 3 is 2.12 bits per heavy atom. The molecule has 0 aliphatic carbocycles. The summed E-state index contributed by atoms with van der Waals surface area (Å²) in [5.41, 5.74) is 2.37. The maximum atomic E-state index is 12.4. The van der Waals surface area contributed by atoms with Crippen molar-refractivity contribution >= 4 is 50.3 Å². The summed E-state index contributed by atoms with van der Waals surface area (Å²) in [6.45, 7) is -0.502. The number of rotatable bonds is 6. The minimum absolute atomic E-state index is 0.156. The number of benzene rings is 3. The topological polar surface area (TPSA) is 121 Å². The first-order valence-corrected chi connectivity index (χ1v) is 10.3. The van der Waals surface area contributed by atoms with Crippen LogP contribution in [0, 0.1) is 0 Å². The zero-order chi connectivity index (χ0) is 22.7. The summed E-state index contributed by atoms with van der Waals surface area (Å²) in [6.07, 6.45) is 0. The Labute approximate surface area is 189 Å². The lowest BCUT2D eigenvalue weighted by Crippen LogP contribution is -2.21. The lowest BCUT2D eigenvalue weighted by molar-refractivity contribution is -0.119. The minimum atomic E-state index is -0.691. The summed E-state index contributed by atoms with van der Waals surface area (Å²) in [5.74, 6) is -1.40. The molecule has 0 aliphatic rings. The number of carbonyl (C=O) groups is 3. The van der Waals surface area contributed by atoms with Gasteiger partial charge in [0.15, 0.2) is 12.4 Å². The van der Waals surface area contributed by atoms with Crippen molar-refractivity contribution in [1.82, 2.24) is 9.97 Å². The minimum Gasteiger partial charge on any atom is -0.452 e. The maximum Gasteiger partial charge on any atom is 0.338 e. The number of amides is 1. The molecule has 0 saturated carbocycles. The van der Waals surface area contributed by atoms with Crippen LogP contribution in [-0.4, -0.2) is 34.2 Å². The zero-order valence-electron chi connectivity index (χ0n) is 16.5. The SMILES string of the molecule is O=C(COC(=O)c1ccc(C(=O)c2ccccc2)cc1)Nc1cc2[nH]c(=O)[nH]c2cc1Br. The number of esters is 1. The van der Waals surface area contributed by atoms with Gasteiger partial charge < -0.3 is 20.0 Å². The highest BCUT2D eigenvalue weighted by Gasteiger charge is 2.14. The number of fused-ring (bicyclic) bond motifs is 1. The highest BCUT2D eigenvalue weighted by Crippen LogP contribution is 2.26. The number of nitrogens with one attached hydrogen (secondary N) is 3. The number of carbonyl (C=O) groups excluding carboxylic acids is 3. The Balaban J connectivity index is 1.36. The maximum absolute atomic E-state index is 12.4. The van der Waals surface area contributed by atoms with E-state index >= 15 is 0 Å². The molecule has 0 saturated heterocycles. The van der Waals surface area contributed by atoms with Crippen LogP contribution in [0.1, 0.15) is 26.3 Å². The molecule has 1 heterocycles. The molecule has 160 valence electrons. The largest absolute Gasteiger partial charge is 0.452 e. The molecular weight excluding hydrogens is 478 g/mol. The van der Waals surface area contributed by atoms with Crippen molar-refractivity contribution in [3.8, 4) is 0 Å². The van der Waals surface area contributed by atoms with Crippen LogP contribution in [0.3, 0.4) is 0 Å². The van der Waals surface area contributed by atoms with Gasteiger partial charge in [-0.1, -0.05) is 42.5 Å². The molecule has 0 spiro atoms. The number of anilines is 1. The fraction of sp³-hybridized carbons (Fsp3) is 0.0435. The molecule has 0 aliphatic heterocycles. The molecule has 32 heavy (non-hydrogen) atoms. The molecule has 0 bridgehead atoms. The first-order chi connectivity index (χ1) is 15.4. The van der Waals surface area contributed by atoms with Gasteiger partial charge in [0.25, 0.3) is 5.91 Å². The molecule has 8 nitrogen and oxygen atoms in total. The molecule has 1 aromatic heterocycles. The summed E-state index contributed by atoms with van der Waals surface area (Å²) < 4.78 is 5.62. The van der Waals surface area contributed by atoms with E-state index < -0.39 is 18.5 Å². The molecule has 1 amide bonds. The van der Waals surface area contributed by atoms with Gasteiger partial charge in [0.05, 0.1) is 22.3 Å². The molecule has 3 aromatic carbocycles. The molecule has 0 unspecified atom stereocenters. The Hall–Kier alpha value is -3.98. The van der Waals surface area contributed by atoms with Crippen LogP contribution >= 0.6 is 15.9 Å². The fourth-order valence-corrected chi connectivity index (χ4v) is 3.51. The third kappa shape index (κ3) is 4.68. The lowest BCUT2D eigenvalue weighted by Gasteiger charge is -2.09. The first kappa shape index (κ1) is 21.3. The summed E-state index contributed by atoms with van der Waals surface area (Å²) in [4.78, 5) is 53.5. The Bertz CT molecular complexity index is 1370. The van der Waals surface area contributed by atoms with E-state index in [1.807, 2.05) is 6.07 Å². The summed E-state index contributed by atoms with van der Waals surface area (Å²) in [5, 5.41) is 2.62. The van der Waals surface area contributed by atoms with E-state index in [1.54, 1.807) is 36.4 Å². The lowest BCUT2D eigenvalue weighted by atomic mass is 10.0. The molecular formula is C23H16BrN3O5. The van der Waals surface area contributed by atoms with E-state index in [1.165, 1.54) is 24.3 Å². The highest BCUT2D eigenvalue weighted by atomic mass is 79.9. The number of halogens is 1. The second-order valence-electron chi connectivity index (χ2n) is 6.85. The zero-order valence-corrected chi connectivity index (χ0v) is 18.1. The van der Waals surface area contributed by atoms with Gasteiger partial charge >= 0.3 is 11.7 Å². The molecule has 0 radical (unpaired) electrons. The summed E-state index contributed by atoms with van der Waals surface area (Å²) >= 11 is 3.32. The number of aromatic nitrogens is 2. The number of ether oxygens (including phenoxy) is 1. The second kappa shape index (κ2) is 9.03. The molecule has 4 rings (SSSR count). The number of hydrogen-bond acceptors (Lipinski definition) is 5. The second-order valence-corrected chi connectivity index (χ2v) is 7.71. The summed E-state index contributed by atoms with van der Waals surface area (Å²) in [6, 6.07) is 18.1. The van der Waals surface area contributed by atoms with Crippen LogP contribution in [0.2, 0.25) is 0 Å². The van der Waals surface area contributed by atoms with Crippen molar-refractivity contribution in [2.75, 3.05) is 11.9 Å². The normalized spacial score (nSPS) is 10.7. The number of ketones is 1. The average Bonchev–Trinajstić information content (AvgIpc) is 3.16. The Morgan fingerprint density at radius 1 is 0.844 bits per heavy atom. The third-order valence-electron chi connectivity index (χ3n) is 4.63. The molecule has 4 aromatic rings. The van der Waals surface area contributed by atoms with E-state index in [9.17, 15) is 19.2 Å². The fourth-order valence-electron chi connectivity index (χ4n) is 3.07. The van der Waals surface area contributed by atoms with Crippen LogP contribution in [0.4, 0.5) is 5.69 Å². The highest BCUT2D eigenvalue weighted by molar-refractivity contribution is 9.10. The Kier molecular flexibility index (Phi) is 6.00. The van der Waals surface area contributed by atoms with E-state index in [4.69, 9.17) is 4.74 Å². The smallest absolute Gasteiger partial charge is 0.338 e. The quantitative estimate of drug-likeness (QED) is 0.279. The first-order valence-electron chi connectivity index (χ1n) is 9.49. The van der Waals surface area contributed by atoms with Crippen molar-refractivity contribution < 1.29 is 19.1 Å². The van der Waals surface area contributed by atoms with E-state index in [0.717, 1.165) is 0 Å². The van der Waals surface area contributed by atoms with E-state index in [2.05, 4.69) is 31.2 Å². The number of hydrogen-bond donors (Lipinski definition) is 3. The van der Waals surface area contributed by atoms with Crippen LogP contribution < -0.4 is 11.0 Å². The average molecular weight is 494 g/mol. The predicted octanol–water partition coefficient (Wildman–Crippen LogP) is 3.65. The monoisotopic (exact) mass is 493 g/mol. The molecule has 9 heteroatoms. The summed E-state index contributed by atoms with van der Waals surface area (Å²) in [7, 11) is 0. The van der Waals surface area contributed by atoms with Gasteiger partial charge in [-0.25, -0.2) is 9.59 Å². The predicted molar refractivity (Wildman–Crippen MR) is 122 cm³/mol. The van der Waals surface area contributed by atoms with Crippen LogP contribution in [-0.2, 0) is 9.53 Å². The standard InChI is InChI=1S/C23H16BrN3O5/c24-16-10-18-19(27-23(31)26-18)11-17(16)25-20(28)12-32-22(30)15-8-6-14(7-9-15)21(29)13-4-2-1-3-5-13/h1-11H,12H2,(H,25,28)(H2,26,27,31). The van der Waals surface area contributed by atoms with Gasteiger partial charge in [0.1, 0.15) is 0 Å².